The van der Waals surface area contributed by atoms with Crippen LogP contribution < -0.4 is 16.4 Å². The molecule has 0 heterocycles. The molecule has 2 aromatic carbocycles. The lowest BCUT2D eigenvalue weighted by atomic mass is 10.1. The minimum absolute atomic E-state index is 0.420. The Labute approximate surface area is 161 Å². The van der Waals surface area contributed by atoms with Gasteiger partial charge in [-0.1, -0.05) is 40.2 Å². The summed E-state index contributed by atoms with van der Waals surface area (Å²) >= 11 is 3.36. The van der Waals surface area contributed by atoms with Gasteiger partial charge in [-0.25, -0.2) is 4.79 Å². The van der Waals surface area contributed by atoms with Crippen LogP contribution in [0.2, 0.25) is 0 Å². The van der Waals surface area contributed by atoms with Crippen LogP contribution in [0, 0.1) is 0 Å². The molecule has 0 fully saturated rings. The van der Waals surface area contributed by atoms with E-state index in [0.29, 0.717) is 16.9 Å². The zero-order valence-corrected chi connectivity index (χ0v) is 16.5. The van der Waals surface area contributed by atoms with Crippen LogP contribution >= 0.6 is 15.9 Å². The predicted molar refractivity (Wildman–Crippen MR) is 106 cm³/mol. The summed E-state index contributed by atoms with van der Waals surface area (Å²) in [5.41, 5.74) is 6.74. The molecule has 0 spiro atoms. The van der Waals surface area contributed by atoms with E-state index >= 15 is 0 Å². The summed E-state index contributed by atoms with van der Waals surface area (Å²) in [6.45, 7) is 5.27. The smallest absolute Gasteiger partial charge is 0.408 e. The lowest BCUT2D eigenvalue weighted by Crippen LogP contribution is -2.40. The van der Waals surface area contributed by atoms with Gasteiger partial charge in [0.2, 0.25) is 0 Å². The highest BCUT2D eigenvalue weighted by Crippen LogP contribution is 2.22. The maximum Gasteiger partial charge on any atom is 0.408 e. The Balaban J connectivity index is 2.24. The summed E-state index contributed by atoms with van der Waals surface area (Å²) in [4.78, 5) is 25.0. The first-order valence-electron chi connectivity index (χ1n) is 8.06. The molecule has 26 heavy (non-hydrogen) atoms. The van der Waals surface area contributed by atoms with E-state index in [2.05, 4.69) is 26.6 Å². The van der Waals surface area contributed by atoms with E-state index in [1.165, 1.54) is 0 Å². The number of carbonyl (C=O) groups excluding carboxylic acids is 2. The Kier molecular flexibility index (Phi) is 6.26. The SMILES string of the molecule is CC(C)(C)OC(=O)NC(C(=O)Nc1ccccc1N)c1ccc(Br)cc1. The van der Waals surface area contributed by atoms with Crippen molar-refractivity contribution in [3.05, 3.63) is 58.6 Å². The maximum atomic E-state index is 12.8. The summed E-state index contributed by atoms with van der Waals surface area (Å²) < 4.78 is 6.14. The van der Waals surface area contributed by atoms with Crippen molar-refractivity contribution in [1.29, 1.82) is 0 Å². The molecule has 2 rings (SSSR count). The van der Waals surface area contributed by atoms with Crippen molar-refractivity contribution in [2.24, 2.45) is 0 Å². The zero-order chi connectivity index (χ0) is 19.3. The van der Waals surface area contributed by atoms with Gasteiger partial charge in [0.1, 0.15) is 11.6 Å². The van der Waals surface area contributed by atoms with Crippen LogP contribution in [0.15, 0.2) is 53.0 Å². The molecule has 0 radical (unpaired) electrons. The number of nitrogens with two attached hydrogens (primary N) is 1. The second-order valence-corrected chi connectivity index (χ2v) is 7.62. The number of rotatable bonds is 4. The number of hydrogen-bond donors (Lipinski definition) is 3. The van der Waals surface area contributed by atoms with Crippen molar-refractivity contribution >= 4 is 39.3 Å². The number of nitrogen functional groups attached to an aromatic ring is 1. The van der Waals surface area contributed by atoms with Crippen LogP contribution in [0.3, 0.4) is 0 Å². The van der Waals surface area contributed by atoms with E-state index in [-0.39, 0.29) is 0 Å². The van der Waals surface area contributed by atoms with Gasteiger partial charge in [-0.3, -0.25) is 4.79 Å². The molecule has 1 unspecified atom stereocenters. The summed E-state index contributed by atoms with van der Waals surface area (Å²) in [6.07, 6.45) is -0.679. The molecule has 7 heteroatoms. The average molecular weight is 420 g/mol. The van der Waals surface area contributed by atoms with Crippen LogP contribution in [0.25, 0.3) is 0 Å². The van der Waals surface area contributed by atoms with Gasteiger partial charge in [0.25, 0.3) is 5.91 Å². The van der Waals surface area contributed by atoms with Gasteiger partial charge in [0.05, 0.1) is 11.4 Å². The Morgan fingerprint density at radius 3 is 2.27 bits per heavy atom. The third-order valence-electron chi connectivity index (χ3n) is 3.35. The second-order valence-electron chi connectivity index (χ2n) is 6.71. The molecule has 0 bridgehead atoms. The fourth-order valence-electron chi connectivity index (χ4n) is 2.20. The Bertz CT molecular complexity index is 785. The quantitative estimate of drug-likeness (QED) is 0.646. The highest BCUT2D eigenvalue weighted by Gasteiger charge is 2.26. The van der Waals surface area contributed by atoms with Gasteiger partial charge in [-0.05, 0) is 50.6 Å². The van der Waals surface area contributed by atoms with Crippen LogP contribution in [-0.2, 0) is 9.53 Å². The van der Waals surface area contributed by atoms with Gasteiger partial charge < -0.3 is 21.1 Å². The zero-order valence-electron chi connectivity index (χ0n) is 14.9. The maximum absolute atomic E-state index is 12.8. The number of nitrogens with one attached hydrogen (secondary N) is 2. The first-order valence-corrected chi connectivity index (χ1v) is 8.85. The Morgan fingerprint density at radius 1 is 1.08 bits per heavy atom. The van der Waals surface area contributed by atoms with Gasteiger partial charge in [0, 0.05) is 4.47 Å². The number of carbonyl (C=O) groups is 2. The number of anilines is 2. The van der Waals surface area contributed by atoms with Crippen LogP contribution in [0.1, 0.15) is 32.4 Å². The molecule has 0 aliphatic rings. The number of ether oxygens (including phenoxy) is 1. The van der Waals surface area contributed by atoms with E-state index in [9.17, 15) is 9.59 Å². The van der Waals surface area contributed by atoms with E-state index in [4.69, 9.17) is 10.5 Å². The number of amides is 2. The molecule has 2 amide bonds. The van der Waals surface area contributed by atoms with E-state index in [1.54, 1.807) is 69.3 Å². The third-order valence-corrected chi connectivity index (χ3v) is 3.87. The number of para-hydroxylation sites is 2. The number of benzene rings is 2. The highest BCUT2D eigenvalue weighted by molar-refractivity contribution is 9.10. The molecule has 0 aliphatic heterocycles. The third kappa shape index (κ3) is 5.77. The Hall–Kier alpha value is -2.54. The first kappa shape index (κ1) is 19.8. The monoisotopic (exact) mass is 419 g/mol. The minimum Gasteiger partial charge on any atom is -0.444 e. The largest absolute Gasteiger partial charge is 0.444 e. The normalized spacial score (nSPS) is 12.2. The first-order chi connectivity index (χ1) is 12.2. The standard InChI is InChI=1S/C19H22BrN3O3/c1-19(2,3)26-18(25)23-16(12-8-10-13(20)11-9-12)17(24)22-15-7-5-4-6-14(15)21/h4-11,16H,21H2,1-3H3,(H,22,24)(H,23,25). The second kappa shape index (κ2) is 8.23. The fourth-order valence-corrected chi connectivity index (χ4v) is 2.46. The van der Waals surface area contributed by atoms with Crippen molar-refractivity contribution < 1.29 is 14.3 Å². The average Bonchev–Trinajstić information content (AvgIpc) is 2.54. The molecule has 0 aromatic heterocycles. The molecule has 0 saturated heterocycles. The molecular weight excluding hydrogens is 398 g/mol. The fraction of sp³-hybridized carbons (Fsp3) is 0.263. The van der Waals surface area contributed by atoms with Crippen molar-refractivity contribution in [1.82, 2.24) is 5.32 Å². The number of alkyl carbamates (subject to hydrolysis) is 1. The highest BCUT2D eigenvalue weighted by atomic mass is 79.9. The van der Waals surface area contributed by atoms with Gasteiger partial charge in [0.15, 0.2) is 0 Å². The minimum atomic E-state index is -0.933. The molecule has 2 aromatic rings. The summed E-state index contributed by atoms with van der Waals surface area (Å²) in [5.74, 6) is -0.420. The van der Waals surface area contributed by atoms with Crippen molar-refractivity contribution in [2.45, 2.75) is 32.4 Å². The van der Waals surface area contributed by atoms with E-state index in [0.717, 1.165) is 4.47 Å². The summed E-state index contributed by atoms with van der Waals surface area (Å²) in [5, 5.41) is 5.37. The lowest BCUT2D eigenvalue weighted by molar-refractivity contribution is -0.118. The lowest BCUT2D eigenvalue weighted by Gasteiger charge is -2.23. The topological polar surface area (TPSA) is 93.4 Å². The molecular formula is C19H22BrN3O3. The van der Waals surface area contributed by atoms with Crippen molar-refractivity contribution in [2.75, 3.05) is 11.1 Å². The van der Waals surface area contributed by atoms with Crippen molar-refractivity contribution in [3.8, 4) is 0 Å². The van der Waals surface area contributed by atoms with Crippen LogP contribution in [-0.4, -0.2) is 17.6 Å². The molecule has 4 N–H and O–H groups in total. The van der Waals surface area contributed by atoms with Gasteiger partial charge in [-0.2, -0.15) is 0 Å². The van der Waals surface area contributed by atoms with Gasteiger partial charge in [-0.15, -0.1) is 0 Å². The Morgan fingerprint density at radius 2 is 1.69 bits per heavy atom. The van der Waals surface area contributed by atoms with Crippen molar-refractivity contribution in [3.63, 3.8) is 0 Å². The van der Waals surface area contributed by atoms with Gasteiger partial charge >= 0.3 is 6.09 Å². The molecule has 1 atom stereocenters. The molecule has 0 aliphatic carbocycles. The molecule has 0 saturated carbocycles. The predicted octanol–water partition coefficient (Wildman–Crippen LogP) is 4.24. The number of halogens is 1. The molecule has 6 nitrogen and oxygen atoms in total. The van der Waals surface area contributed by atoms with Crippen LogP contribution in [0.5, 0.6) is 0 Å². The summed E-state index contributed by atoms with van der Waals surface area (Å²) in [7, 11) is 0. The van der Waals surface area contributed by atoms with E-state index < -0.39 is 23.6 Å². The summed E-state index contributed by atoms with van der Waals surface area (Å²) in [6, 6.07) is 13.1. The number of hydrogen-bond acceptors (Lipinski definition) is 4. The van der Waals surface area contributed by atoms with E-state index in [1.807, 2.05) is 0 Å². The van der Waals surface area contributed by atoms with Crippen LogP contribution in [0.4, 0.5) is 16.2 Å². The molecule has 138 valence electrons.